The fraction of sp³-hybridized carbons (Fsp3) is 0.435. The molecule has 0 saturated carbocycles. The Morgan fingerprint density at radius 1 is 0.667 bits per heavy atom. The molecule has 0 aromatic heterocycles. The van der Waals surface area contributed by atoms with E-state index in [1.807, 2.05) is 0 Å². The third kappa shape index (κ3) is 9.60. The molecule has 4 nitrogen and oxygen atoms in total. The maximum absolute atomic E-state index is 13.2. The Balaban J connectivity index is 2.52. The fourth-order valence-corrected chi connectivity index (χ4v) is 3.61. The van der Waals surface area contributed by atoms with E-state index in [-0.39, 0.29) is 31.5 Å². The number of aliphatic carboxylic acids is 1. The predicted molar refractivity (Wildman–Crippen MR) is 112 cm³/mol. The second-order valence-electron chi connectivity index (χ2n) is 8.63. The normalized spacial score (nSPS) is 14.1. The molecule has 0 amide bonds. The third-order valence-electron chi connectivity index (χ3n) is 5.41. The molecule has 0 saturated heterocycles. The summed E-state index contributed by atoms with van der Waals surface area (Å²) >= 11 is 0. The van der Waals surface area contributed by atoms with Gasteiger partial charge in [-0.15, -0.1) is 0 Å². The number of benzene rings is 2. The van der Waals surface area contributed by atoms with Crippen LogP contribution in [0.4, 0.5) is 52.7 Å². The lowest BCUT2D eigenvalue weighted by molar-refractivity contribution is -0.144. The van der Waals surface area contributed by atoms with Crippen molar-refractivity contribution in [3.05, 3.63) is 69.8 Å². The Morgan fingerprint density at radius 2 is 0.974 bits per heavy atom. The van der Waals surface area contributed by atoms with Gasteiger partial charge >= 0.3 is 30.7 Å². The van der Waals surface area contributed by atoms with E-state index < -0.39 is 83.2 Å². The van der Waals surface area contributed by atoms with Gasteiger partial charge in [0.25, 0.3) is 0 Å². The van der Waals surface area contributed by atoms with Gasteiger partial charge in [0, 0.05) is 13.1 Å². The van der Waals surface area contributed by atoms with E-state index in [0.717, 1.165) is 4.90 Å². The number of hydrogen-bond donors (Lipinski definition) is 2. The lowest BCUT2D eigenvalue weighted by Gasteiger charge is -2.25. The molecule has 2 rings (SSSR count). The monoisotopic (exact) mass is 584 g/mol. The number of nitrogens with zero attached hydrogens (tertiary/aromatic N) is 1. The van der Waals surface area contributed by atoms with Crippen molar-refractivity contribution >= 4 is 5.97 Å². The van der Waals surface area contributed by atoms with Crippen LogP contribution in [0, 0.1) is 0 Å². The summed E-state index contributed by atoms with van der Waals surface area (Å²) in [7, 11) is 0. The van der Waals surface area contributed by atoms with E-state index in [9.17, 15) is 57.5 Å². The van der Waals surface area contributed by atoms with Crippen LogP contribution in [0.1, 0.15) is 46.2 Å². The first kappa shape index (κ1) is 32.2. The summed E-state index contributed by atoms with van der Waals surface area (Å²) in [5.41, 5.74) is -2.47. The molecule has 2 aromatic carbocycles. The van der Waals surface area contributed by atoms with E-state index in [1.54, 1.807) is 0 Å². The van der Waals surface area contributed by atoms with Gasteiger partial charge in [-0.2, -0.15) is 52.7 Å². The van der Waals surface area contributed by atoms with Gasteiger partial charge in [0.2, 0.25) is 0 Å². The molecule has 218 valence electrons. The topological polar surface area (TPSA) is 66.6 Å². The van der Waals surface area contributed by atoms with Crippen molar-refractivity contribution in [3.63, 3.8) is 0 Å². The smallest absolute Gasteiger partial charge is 0.416 e. The van der Waals surface area contributed by atoms with Crippen molar-refractivity contribution in [2.45, 2.75) is 56.7 Å². The minimum absolute atomic E-state index is 0.137. The molecule has 16 heteroatoms. The third-order valence-corrected chi connectivity index (χ3v) is 5.41. The van der Waals surface area contributed by atoms with E-state index in [0.29, 0.717) is 24.3 Å². The molecule has 1 unspecified atom stereocenters. The van der Waals surface area contributed by atoms with Crippen LogP contribution < -0.4 is 5.73 Å². The lowest BCUT2D eigenvalue weighted by atomic mass is 10.0. The SMILES string of the molecule is NC(CCCN(Cc1cc(C(F)(F)F)cc(C(F)(F)F)c1)Cc1cc(C(F)(F)F)cc(C(F)(F)F)c1)C(=O)O. The summed E-state index contributed by atoms with van der Waals surface area (Å²) in [6, 6.07) is -0.194. The van der Waals surface area contributed by atoms with Crippen molar-refractivity contribution in [2.24, 2.45) is 5.73 Å². The second-order valence-corrected chi connectivity index (χ2v) is 8.63. The van der Waals surface area contributed by atoms with Crippen LogP contribution in [0.2, 0.25) is 0 Å². The van der Waals surface area contributed by atoms with E-state index in [4.69, 9.17) is 10.8 Å². The van der Waals surface area contributed by atoms with Crippen molar-refractivity contribution in [1.82, 2.24) is 4.90 Å². The molecule has 1 atom stereocenters. The van der Waals surface area contributed by atoms with Crippen molar-refractivity contribution in [2.75, 3.05) is 6.54 Å². The number of hydrogen-bond acceptors (Lipinski definition) is 3. The van der Waals surface area contributed by atoms with Crippen molar-refractivity contribution in [3.8, 4) is 0 Å². The number of carbonyl (C=O) groups is 1. The Kier molecular flexibility index (Phi) is 9.59. The molecule has 3 N–H and O–H groups in total. The zero-order chi connectivity index (χ0) is 30.0. The van der Waals surface area contributed by atoms with Gasteiger partial charge in [-0.3, -0.25) is 9.69 Å². The highest BCUT2D eigenvalue weighted by Gasteiger charge is 2.38. The van der Waals surface area contributed by atoms with Gasteiger partial charge in [0.05, 0.1) is 22.3 Å². The van der Waals surface area contributed by atoms with Crippen molar-refractivity contribution in [1.29, 1.82) is 0 Å². The zero-order valence-electron chi connectivity index (χ0n) is 19.5. The van der Waals surface area contributed by atoms with Gasteiger partial charge < -0.3 is 10.8 Å². The van der Waals surface area contributed by atoms with Crippen LogP contribution in [-0.2, 0) is 42.6 Å². The average Bonchev–Trinajstić information content (AvgIpc) is 2.76. The van der Waals surface area contributed by atoms with Crippen LogP contribution in [0.3, 0.4) is 0 Å². The standard InChI is InChI=1S/C23H20F12N2O2/c24-20(25,26)14-4-12(5-15(8-14)21(27,28)29)10-37(3-1-2-18(36)19(38)39)11-13-6-16(22(30,31)32)9-17(7-13)23(33,34)35/h4-9,18H,1-3,10-11,36H2,(H,38,39). The number of nitrogens with two attached hydrogens (primary N) is 1. The number of halogens is 12. The van der Waals surface area contributed by atoms with Gasteiger partial charge in [-0.1, -0.05) is 0 Å². The quantitative estimate of drug-likeness (QED) is 0.313. The first-order valence-electron chi connectivity index (χ1n) is 10.8. The number of rotatable bonds is 9. The molecule has 0 aliphatic rings. The van der Waals surface area contributed by atoms with Gasteiger partial charge in [-0.05, 0) is 66.9 Å². The molecule has 0 aliphatic carbocycles. The molecule has 2 aromatic rings. The summed E-state index contributed by atoms with van der Waals surface area (Å²) in [5, 5.41) is 8.88. The summed E-state index contributed by atoms with van der Waals surface area (Å²) < 4.78 is 159. The Labute approximate surface area is 213 Å². The molecule has 0 fully saturated rings. The van der Waals surface area contributed by atoms with Crippen LogP contribution in [0.5, 0.6) is 0 Å². The van der Waals surface area contributed by atoms with Gasteiger partial charge in [0.15, 0.2) is 0 Å². The molecule has 39 heavy (non-hydrogen) atoms. The fourth-order valence-electron chi connectivity index (χ4n) is 3.61. The highest BCUT2D eigenvalue weighted by atomic mass is 19.4. The molecule has 0 radical (unpaired) electrons. The van der Waals surface area contributed by atoms with Crippen LogP contribution >= 0.6 is 0 Å². The number of carboxylic acids is 1. The highest BCUT2D eigenvalue weighted by molar-refractivity contribution is 5.72. The van der Waals surface area contributed by atoms with Crippen molar-refractivity contribution < 1.29 is 62.6 Å². The minimum atomic E-state index is -5.20. The molecule has 0 bridgehead atoms. The van der Waals surface area contributed by atoms with Crippen LogP contribution in [0.25, 0.3) is 0 Å². The number of carboxylic acid groups (broad SMARTS) is 1. The average molecular weight is 584 g/mol. The summed E-state index contributed by atoms with van der Waals surface area (Å²) in [4.78, 5) is 11.9. The van der Waals surface area contributed by atoms with Gasteiger partial charge in [-0.25, -0.2) is 0 Å². The van der Waals surface area contributed by atoms with Crippen LogP contribution in [0.15, 0.2) is 36.4 Å². The lowest BCUT2D eigenvalue weighted by Crippen LogP contribution is -2.32. The maximum Gasteiger partial charge on any atom is 0.416 e. The largest absolute Gasteiger partial charge is 0.480 e. The molecule has 0 aliphatic heterocycles. The summed E-state index contributed by atoms with van der Waals surface area (Å²) in [6.45, 7) is -1.85. The van der Waals surface area contributed by atoms with E-state index >= 15 is 0 Å². The first-order chi connectivity index (χ1) is 17.6. The second kappa shape index (κ2) is 11.6. The predicted octanol–water partition coefficient (Wildman–Crippen LogP) is 6.96. The molecular formula is C23H20F12N2O2. The Bertz CT molecular complexity index is 1010. The molecule has 0 spiro atoms. The zero-order valence-corrected chi connectivity index (χ0v) is 19.5. The minimum Gasteiger partial charge on any atom is -0.480 e. The van der Waals surface area contributed by atoms with E-state index in [2.05, 4.69) is 0 Å². The Morgan fingerprint density at radius 3 is 1.23 bits per heavy atom. The molecule has 0 heterocycles. The Hall–Kier alpha value is -3.01. The maximum atomic E-state index is 13.2. The van der Waals surface area contributed by atoms with Crippen LogP contribution in [-0.4, -0.2) is 28.6 Å². The van der Waals surface area contributed by atoms with Gasteiger partial charge in [0.1, 0.15) is 6.04 Å². The van der Waals surface area contributed by atoms with E-state index in [1.165, 1.54) is 0 Å². The molecular weight excluding hydrogens is 564 g/mol. The highest BCUT2D eigenvalue weighted by Crippen LogP contribution is 2.38. The summed E-state index contributed by atoms with van der Waals surface area (Å²) in [6.07, 6.45) is -21.2. The number of alkyl halides is 12. The summed E-state index contributed by atoms with van der Waals surface area (Å²) in [5.74, 6) is -1.43. The first-order valence-corrected chi connectivity index (χ1v) is 10.8.